The maximum atomic E-state index is 6.11. The molecule has 1 aromatic carbocycles. The lowest BCUT2D eigenvalue weighted by atomic mass is 10.0. The number of hydrogen-bond donors (Lipinski definition) is 2. The summed E-state index contributed by atoms with van der Waals surface area (Å²) >= 11 is 7.57. The zero-order valence-corrected chi connectivity index (χ0v) is 10.5. The van der Waals surface area contributed by atoms with Gasteiger partial charge in [0.25, 0.3) is 0 Å². The summed E-state index contributed by atoms with van der Waals surface area (Å²) in [6.45, 7) is 0.722. The van der Waals surface area contributed by atoms with E-state index in [2.05, 4.69) is 16.4 Å². The Labute approximate surface area is 108 Å². The summed E-state index contributed by atoms with van der Waals surface area (Å²) in [5.74, 6) is 0. The molecule has 1 aromatic heterocycles. The molecule has 86 valence electrons. The third kappa shape index (κ3) is 1.90. The van der Waals surface area contributed by atoms with Crippen LogP contribution in [0.25, 0.3) is 11.6 Å². The SMILES string of the molecule is Nc1nc(C2=Cc3cccc(Cl)c3NC2)cs1. The van der Waals surface area contributed by atoms with E-state index >= 15 is 0 Å². The molecule has 0 saturated carbocycles. The molecule has 0 atom stereocenters. The number of nitrogens with zero attached hydrogens (tertiary/aromatic N) is 1. The van der Waals surface area contributed by atoms with Crippen LogP contribution in [0, 0.1) is 0 Å². The molecule has 5 heteroatoms. The van der Waals surface area contributed by atoms with Crippen molar-refractivity contribution >= 4 is 45.4 Å². The molecule has 17 heavy (non-hydrogen) atoms. The summed E-state index contributed by atoms with van der Waals surface area (Å²) in [7, 11) is 0. The highest BCUT2D eigenvalue weighted by Gasteiger charge is 2.14. The van der Waals surface area contributed by atoms with Crippen molar-refractivity contribution in [2.24, 2.45) is 0 Å². The minimum Gasteiger partial charge on any atom is -0.379 e. The van der Waals surface area contributed by atoms with Gasteiger partial charge in [0, 0.05) is 11.9 Å². The van der Waals surface area contributed by atoms with E-state index in [1.165, 1.54) is 11.3 Å². The Bertz CT molecular complexity index is 604. The number of anilines is 2. The summed E-state index contributed by atoms with van der Waals surface area (Å²) < 4.78 is 0. The van der Waals surface area contributed by atoms with E-state index in [1.54, 1.807) is 0 Å². The number of rotatable bonds is 1. The van der Waals surface area contributed by atoms with Gasteiger partial charge in [0.1, 0.15) is 0 Å². The van der Waals surface area contributed by atoms with Gasteiger partial charge in [0.2, 0.25) is 0 Å². The number of fused-ring (bicyclic) bond motifs is 1. The summed E-state index contributed by atoms with van der Waals surface area (Å²) in [5.41, 5.74) is 9.79. The van der Waals surface area contributed by atoms with Crippen molar-refractivity contribution in [3.63, 3.8) is 0 Å². The number of benzene rings is 1. The van der Waals surface area contributed by atoms with Gasteiger partial charge in [-0.1, -0.05) is 23.7 Å². The molecular weight excluding hydrogens is 254 g/mol. The molecule has 3 rings (SSSR count). The monoisotopic (exact) mass is 263 g/mol. The minimum absolute atomic E-state index is 0.595. The molecule has 0 amide bonds. The minimum atomic E-state index is 0.595. The summed E-state index contributed by atoms with van der Waals surface area (Å²) in [5, 5.41) is 6.62. The fourth-order valence-electron chi connectivity index (χ4n) is 1.87. The smallest absolute Gasteiger partial charge is 0.180 e. The zero-order chi connectivity index (χ0) is 11.8. The van der Waals surface area contributed by atoms with Gasteiger partial charge < -0.3 is 11.1 Å². The largest absolute Gasteiger partial charge is 0.379 e. The van der Waals surface area contributed by atoms with Crippen molar-refractivity contribution in [3.05, 3.63) is 39.9 Å². The van der Waals surface area contributed by atoms with Crippen molar-refractivity contribution in [1.29, 1.82) is 0 Å². The Balaban J connectivity index is 2.06. The first-order chi connectivity index (χ1) is 8.24. The number of nitrogens with one attached hydrogen (secondary N) is 1. The van der Waals surface area contributed by atoms with Gasteiger partial charge in [-0.25, -0.2) is 4.98 Å². The second-order valence-electron chi connectivity index (χ2n) is 3.80. The number of nitrogens with two attached hydrogens (primary N) is 1. The van der Waals surface area contributed by atoms with Crippen LogP contribution >= 0.6 is 22.9 Å². The molecule has 2 aromatic rings. The fraction of sp³-hybridized carbons (Fsp3) is 0.0833. The number of nitrogen functional groups attached to an aromatic ring is 1. The second kappa shape index (κ2) is 4.05. The van der Waals surface area contributed by atoms with Crippen molar-refractivity contribution in [1.82, 2.24) is 4.98 Å². The van der Waals surface area contributed by atoms with Gasteiger partial charge in [0.15, 0.2) is 5.13 Å². The van der Waals surface area contributed by atoms with E-state index in [-0.39, 0.29) is 0 Å². The number of hydrogen-bond acceptors (Lipinski definition) is 4. The van der Waals surface area contributed by atoms with E-state index < -0.39 is 0 Å². The highest BCUT2D eigenvalue weighted by Crippen LogP contribution is 2.33. The van der Waals surface area contributed by atoms with Gasteiger partial charge in [-0.3, -0.25) is 0 Å². The third-order valence-electron chi connectivity index (χ3n) is 2.68. The molecule has 0 radical (unpaired) electrons. The predicted octanol–water partition coefficient (Wildman–Crippen LogP) is 3.34. The first-order valence-corrected chi connectivity index (χ1v) is 6.44. The van der Waals surface area contributed by atoms with Crippen LogP contribution in [-0.2, 0) is 0 Å². The van der Waals surface area contributed by atoms with Crippen LogP contribution in [0.2, 0.25) is 5.02 Å². The van der Waals surface area contributed by atoms with Gasteiger partial charge in [-0.15, -0.1) is 11.3 Å². The molecule has 0 aliphatic carbocycles. The number of aromatic nitrogens is 1. The lowest BCUT2D eigenvalue weighted by Gasteiger charge is -2.18. The quantitative estimate of drug-likeness (QED) is 0.830. The Hall–Kier alpha value is -1.52. The lowest BCUT2D eigenvalue weighted by Crippen LogP contribution is -2.10. The molecule has 0 unspecified atom stereocenters. The molecule has 0 saturated heterocycles. The van der Waals surface area contributed by atoms with E-state index in [1.807, 2.05) is 23.6 Å². The molecule has 3 nitrogen and oxygen atoms in total. The highest BCUT2D eigenvalue weighted by atomic mass is 35.5. The van der Waals surface area contributed by atoms with Crippen LogP contribution in [0.3, 0.4) is 0 Å². The first kappa shape index (κ1) is 10.6. The van der Waals surface area contributed by atoms with Gasteiger partial charge >= 0.3 is 0 Å². The van der Waals surface area contributed by atoms with Gasteiger partial charge in [0.05, 0.1) is 16.4 Å². The van der Waals surface area contributed by atoms with Crippen molar-refractivity contribution in [2.45, 2.75) is 0 Å². The van der Waals surface area contributed by atoms with E-state index in [4.69, 9.17) is 17.3 Å². The maximum absolute atomic E-state index is 6.11. The first-order valence-electron chi connectivity index (χ1n) is 5.18. The molecule has 1 aliphatic rings. The highest BCUT2D eigenvalue weighted by molar-refractivity contribution is 7.13. The Kier molecular flexibility index (Phi) is 2.53. The maximum Gasteiger partial charge on any atom is 0.180 e. The molecule has 2 heterocycles. The lowest BCUT2D eigenvalue weighted by molar-refractivity contribution is 1.27. The standard InChI is InChI=1S/C12H10ClN3S/c13-9-3-1-2-7-4-8(5-15-11(7)9)10-6-17-12(14)16-10/h1-4,6,15H,5H2,(H2,14,16). The van der Waals surface area contributed by atoms with Crippen molar-refractivity contribution in [2.75, 3.05) is 17.6 Å². The summed E-state index contributed by atoms with van der Waals surface area (Å²) in [6.07, 6.45) is 2.10. The molecule has 0 bridgehead atoms. The molecule has 0 fully saturated rings. The fourth-order valence-corrected chi connectivity index (χ4v) is 2.71. The zero-order valence-electron chi connectivity index (χ0n) is 8.90. The molecule has 1 aliphatic heterocycles. The average molecular weight is 264 g/mol. The van der Waals surface area contributed by atoms with Crippen LogP contribution in [-0.4, -0.2) is 11.5 Å². The van der Waals surface area contributed by atoms with Crippen LogP contribution < -0.4 is 11.1 Å². The van der Waals surface area contributed by atoms with E-state index in [0.29, 0.717) is 5.13 Å². The van der Waals surface area contributed by atoms with Crippen LogP contribution in [0.1, 0.15) is 11.3 Å². The topological polar surface area (TPSA) is 50.9 Å². The Morgan fingerprint density at radius 2 is 2.29 bits per heavy atom. The predicted molar refractivity (Wildman–Crippen MR) is 74.3 cm³/mol. The Morgan fingerprint density at radius 3 is 3.06 bits per heavy atom. The van der Waals surface area contributed by atoms with E-state index in [9.17, 15) is 0 Å². The molecule has 0 spiro atoms. The molecule has 3 N–H and O–H groups in total. The number of halogens is 1. The van der Waals surface area contributed by atoms with Crippen molar-refractivity contribution < 1.29 is 0 Å². The second-order valence-corrected chi connectivity index (χ2v) is 5.10. The van der Waals surface area contributed by atoms with Crippen molar-refractivity contribution in [3.8, 4) is 0 Å². The normalized spacial score (nSPS) is 13.8. The van der Waals surface area contributed by atoms with E-state index in [0.717, 1.165) is 34.1 Å². The van der Waals surface area contributed by atoms with Gasteiger partial charge in [-0.05, 0) is 23.3 Å². The average Bonchev–Trinajstić information content (AvgIpc) is 2.76. The Morgan fingerprint density at radius 1 is 1.41 bits per heavy atom. The molecular formula is C12H10ClN3S. The van der Waals surface area contributed by atoms with Gasteiger partial charge in [-0.2, -0.15) is 0 Å². The number of para-hydroxylation sites is 1. The summed E-state index contributed by atoms with van der Waals surface area (Å²) in [4.78, 5) is 4.28. The third-order valence-corrected chi connectivity index (χ3v) is 3.67. The summed E-state index contributed by atoms with van der Waals surface area (Å²) in [6, 6.07) is 5.86. The number of thiazole rings is 1. The van der Waals surface area contributed by atoms with Crippen LogP contribution in [0.5, 0.6) is 0 Å². The van der Waals surface area contributed by atoms with Crippen LogP contribution in [0.15, 0.2) is 23.6 Å². The van der Waals surface area contributed by atoms with Crippen LogP contribution in [0.4, 0.5) is 10.8 Å².